The van der Waals surface area contributed by atoms with Gasteiger partial charge in [0.15, 0.2) is 0 Å². The Labute approximate surface area is 139 Å². The number of nitrogens with one attached hydrogen (secondary N) is 1. The molecule has 2 fully saturated rings. The van der Waals surface area contributed by atoms with Gasteiger partial charge < -0.3 is 10.1 Å². The molecule has 126 valence electrons. The first-order chi connectivity index (χ1) is 11.1. The fraction of sp³-hybridized carbons (Fsp3) is 0.632. The molecule has 2 heterocycles. The third-order valence-corrected chi connectivity index (χ3v) is 5.18. The fourth-order valence-corrected chi connectivity index (χ4v) is 3.78. The van der Waals surface area contributed by atoms with Crippen molar-refractivity contribution in [3.05, 3.63) is 35.9 Å². The number of carbonyl (C=O) groups is 1. The first kappa shape index (κ1) is 16.5. The number of hydrogen-bond acceptors (Lipinski definition) is 3. The predicted octanol–water partition coefficient (Wildman–Crippen LogP) is 2.84. The van der Waals surface area contributed by atoms with Crippen LogP contribution in [0.1, 0.15) is 49.9 Å². The fourth-order valence-electron chi connectivity index (χ4n) is 3.78. The van der Waals surface area contributed by atoms with Gasteiger partial charge in [0.25, 0.3) is 5.91 Å². The highest BCUT2D eigenvalue weighted by molar-refractivity contribution is 5.94. The third kappa shape index (κ3) is 3.93. The second-order valence-corrected chi connectivity index (χ2v) is 7.21. The molecule has 2 aliphatic heterocycles. The number of rotatable bonds is 4. The maximum atomic E-state index is 12.2. The molecule has 4 nitrogen and oxygen atoms in total. The van der Waals surface area contributed by atoms with Gasteiger partial charge in [0.1, 0.15) is 0 Å². The molecule has 1 aromatic carbocycles. The van der Waals surface area contributed by atoms with Crippen LogP contribution in [0.25, 0.3) is 0 Å². The van der Waals surface area contributed by atoms with E-state index in [1.807, 2.05) is 30.3 Å². The summed E-state index contributed by atoms with van der Waals surface area (Å²) in [5, 5.41) is 3.03. The molecule has 0 unspecified atom stereocenters. The Morgan fingerprint density at radius 3 is 2.83 bits per heavy atom. The number of likely N-dealkylation sites (tertiary alicyclic amines) is 1. The highest BCUT2D eigenvalue weighted by Crippen LogP contribution is 2.37. The van der Waals surface area contributed by atoms with Gasteiger partial charge >= 0.3 is 0 Å². The van der Waals surface area contributed by atoms with E-state index >= 15 is 0 Å². The lowest BCUT2D eigenvalue weighted by atomic mass is 9.90. The minimum Gasteiger partial charge on any atom is -0.369 e. The molecule has 0 saturated carbocycles. The molecule has 0 radical (unpaired) electrons. The topological polar surface area (TPSA) is 41.6 Å². The maximum absolute atomic E-state index is 12.2. The number of hydrogen-bond donors (Lipinski definition) is 1. The Bertz CT molecular complexity index is 531. The van der Waals surface area contributed by atoms with Gasteiger partial charge in [-0.25, -0.2) is 0 Å². The smallest absolute Gasteiger partial charge is 0.251 e. The largest absolute Gasteiger partial charge is 0.369 e. The van der Waals surface area contributed by atoms with Crippen molar-refractivity contribution in [1.82, 2.24) is 10.2 Å². The van der Waals surface area contributed by atoms with Crippen LogP contribution in [-0.2, 0) is 4.74 Å². The quantitative estimate of drug-likeness (QED) is 0.929. The van der Waals surface area contributed by atoms with Crippen LogP contribution in [0, 0.1) is 0 Å². The molecule has 4 heteroatoms. The molecular formula is C19H28N2O2. The number of benzene rings is 1. The Hall–Kier alpha value is -1.39. The molecule has 1 amide bonds. The van der Waals surface area contributed by atoms with Crippen molar-refractivity contribution in [2.75, 3.05) is 19.6 Å². The van der Waals surface area contributed by atoms with Gasteiger partial charge in [0, 0.05) is 31.2 Å². The summed E-state index contributed by atoms with van der Waals surface area (Å²) in [6.45, 7) is 7.27. The molecular weight excluding hydrogens is 288 g/mol. The van der Waals surface area contributed by atoms with Crippen molar-refractivity contribution < 1.29 is 9.53 Å². The molecule has 23 heavy (non-hydrogen) atoms. The number of carbonyl (C=O) groups excluding carboxylic acids is 1. The van der Waals surface area contributed by atoms with Crippen molar-refractivity contribution in [3.8, 4) is 0 Å². The van der Waals surface area contributed by atoms with E-state index < -0.39 is 0 Å². The molecule has 1 N–H and O–H groups in total. The average molecular weight is 316 g/mol. The summed E-state index contributed by atoms with van der Waals surface area (Å²) in [5.41, 5.74) is 0.731. The van der Waals surface area contributed by atoms with Crippen molar-refractivity contribution in [2.24, 2.45) is 0 Å². The molecule has 2 saturated heterocycles. The second-order valence-electron chi connectivity index (χ2n) is 7.21. The lowest BCUT2D eigenvalue weighted by molar-refractivity contribution is -0.119. The molecule has 3 rings (SSSR count). The first-order valence-corrected chi connectivity index (χ1v) is 8.83. The summed E-state index contributed by atoms with van der Waals surface area (Å²) in [5.74, 6) is -0.0101. The average Bonchev–Trinajstić information content (AvgIpc) is 2.97. The lowest BCUT2D eigenvalue weighted by Crippen LogP contribution is -2.47. The maximum Gasteiger partial charge on any atom is 0.251 e. The standard InChI is InChI=1S/C19H28N2O2/c1-15(2)21-12-11-19(14-21)10-6-9-17(23-19)13-20-18(22)16-7-4-3-5-8-16/h3-5,7-8,15,17H,6,9-14H2,1-2H3,(H,20,22)/t17-,19+/m1/s1. The molecule has 0 bridgehead atoms. The van der Waals surface area contributed by atoms with Crippen LogP contribution < -0.4 is 5.32 Å². The number of ether oxygens (including phenoxy) is 1. The van der Waals surface area contributed by atoms with Crippen molar-refractivity contribution >= 4 is 5.91 Å². The zero-order valence-corrected chi connectivity index (χ0v) is 14.3. The van der Waals surface area contributed by atoms with Crippen LogP contribution in [0.4, 0.5) is 0 Å². The number of nitrogens with zero attached hydrogens (tertiary/aromatic N) is 1. The van der Waals surface area contributed by atoms with Gasteiger partial charge in [0.05, 0.1) is 11.7 Å². The van der Waals surface area contributed by atoms with E-state index in [0.29, 0.717) is 18.2 Å². The van der Waals surface area contributed by atoms with E-state index in [2.05, 4.69) is 24.1 Å². The monoisotopic (exact) mass is 316 g/mol. The second kappa shape index (κ2) is 7.02. The molecule has 0 aromatic heterocycles. The van der Waals surface area contributed by atoms with E-state index in [0.717, 1.165) is 32.4 Å². The summed E-state index contributed by atoms with van der Waals surface area (Å²) < 4.78 is 6.45. The van der Waals surface area contributed by atoms with E-state index in [-0.39, 0.29) is 17.6 Å². The van der Waals surface area contributed by atoms with Crippen LogP contribution in [0.2, 0.25) is 0 Å². The summed E-state index contributed by atoms with van der Waals surface area (Å²) in [6.07, 6.45) is 4.65. The van der Waals surface area contributed by atoms with Crippen molar-refractivity contribution in [3.63, 3.8) is 0 Å². The third-order valence-electron chi connectivity index (χ3n) is 5.18. The predicted molar refractivity (Wildman–Crippen MR) is 91.6 cm³/mol. The Kier molecular flexibility index (Phi) is 5.02. The van der Waals surface area contributed by atoms with E-state index in [9.17, 15) is 4.79 Å². The van der Waals surface area contributed by atoms with Gasteiger partial charge in [-0.15, -0.1) is 0 Å². The Morgan fingerprint density at radius 1 is 1.35 bits per heavy atom. The summed E-state index contributed by atoms with van der Waals surface area (Å²) >= 11 is 0. The zero-order chi connectivity index (χ0) is 16.3. The van der Waals surface area contributed by atoms with E-state index in [4.69, 9.17) is 4.74 Å². The molecule has 0 aliphatic carbocycles. The van der Waals surface area contributed by atoms with Crippen LogP contribution >= 0.6 is 0 Å². The highest BCUT2D eigenvalue weighted by atomic mass is 16.5. The minimum absolute atomic E-state index is 0.0101. The molecule has 1 aromatic rings. The molecule has 2 aliphatic rings. The van der Waals surface area contributed by atoms with Gasteiger partial charge in [-0.3, -0.25) is 9.69 Å². The Morgan fingerprint density at radius 2 is 2.13 bits per heavy atom. The van der Waals surface area contributed by atoms with Gasteiger partial charge in [-0.1, -0.05) is 18.2 Å². The highest BCUT2D eigenvalue weighted by Gasteiger charge is 2.43. The minimum atomic E-state index is -0.0101. The van der Waals surface area contributed by atoms with Gasteiger partial charge in [-0.2, -0.15) is 0 Å². The van der Waals surface area contributed by atoms with Gasteiger partial charge in [0.2, 0.25) is 0 Å². The molecule has 1 spiro atoms. The first-order valence-electron chi connectivity index (χ1n) is 8.83. The van der Waals surface area contributed by atoms with E-state index in [1.54, 1.807) is 0 Å². The van der Waals surface area contributed by atoms with Crippen LogP contribution in [0.3, 0.4) is 0 Å². The zero-order valence-electron chi connectivity index (χ0n) is 14.3. The summed E-state index contributed by atoms with van der Waals surface area (Å²) in [6, 6.07) is 9.97. The lowest BCUT2D eigenvalue weighted by Gasteiger charge is -2.39. The van der Waals surface area contributed by atoms with Crippen LogP contribution in [0.15, 0.2) is 30.3 Å². The van der Waals surface area contributed by atoms with Crippen molar-refractivity contribution in [1.29, 1.82) is 0 Å². The molecule has 2 atom stereocenters. The number of amides is 1. The summed E-state index contributed by atoms with van der Waals surface area (Å²) in [4.78, 5) is 14.7. The summed E-state index contributed by atoms with van der Waals surface area (Å²) in [7, 11) is 0. The van der Waals surface area contributed by atoms with Gasteiger partial charge in [-0.05, 0) is 51.7 Å². The normalized spacial score (nSPS) is 28.4. The van der Waals surface area contributed by atoms with Crippen LogP contribution in [0.5, 0.6) is 0 Å². The van der Waals surface area contributed by atoms with Crippen LogP contribution in [-0.4, -0.2) is 48.2 Å². The van der Waals surface area contributed by atoms with Crippen molar-refractivity contribution in [2.45, 2.75) is 57.3 Å². The Balaban J connectivity index is 1.52. The SMILES string of the molecule is CC(C)N1CC[C@@]2(CCC[C@H](CNC(=O)c3ccccc3)O2)C1. The van der Waals surface area contributed by atoms with E-state index in [1.165, 1.54) is 6.42 Å².